The maximum absolute atomic E-state index is 13.4. The van der Waals surface area contributed by atoms with Crippen molar-refractivity contribution in [3.8, 4) is 0 Å². The van der Waals surface area contributed by atoms with Gasteiger partial charge in [-0.2, -0.15) is 15.1 Å². The van der Waals surface area contributed by atoms with Crippen LogP contribution in [0, 0.1) is 0 Å². The van der Waals surface area contributed by atoms with E-state index in [-0.39, 0.29) is 11.2 Å². The van der Waals surface area contributed by atoms with Gasteiger partial charge in [-0.25, -0.2) is 9.36 Å². The van der Waals surface area contributed by atoms with Gasteiger partial charge in [0.1, 0.15) is 6.54 Å². The van der Waals surface area contributed by atoms with Gasteiger partial charge in [0.2, 0.25) is 5.95 Å². The number of hydrogen-bond acceptors (Lipinski definition) is 6. The molecule has 0 fully saturated rings. The summed E-state index contributed by atoms with van der Waals surface area (Å²) in [5.74, 6) is -0.916. The molecule has 33 heavy (non-hydrogen) atoms. The molecule has 0 saturated heterocycles. The number of anilines is 2. The Hall–Kier alpha value is -4.47. The van der Waals surface area contributed by atoms with E-state index in [9.17, 15) is 19.5 Å². The molecule has 0 bridgehead atoms. The molecule has 0 radical (unpaired) electrons. The third-order valence-corrected chi connectivity index (χ3v) is 5.70. The number of hydrazone groups is 1. The first-order valence-electron chi connectivity index (χ1n) is 10.3. The van der Waals surface area contributed by atoms with Gasteiger partial charge in [0.15, 0.2) is 11.2 Å². The number of aromatic nitrogens is 4. The zero-order valence-electron chi connectivity index (χ0n) is 17.9. The first-order valence-corrected chi connectivity index (χ1v) is 10.3. The van der Waals surface area contributed by atoms with Crippen molar-refractivity contribution in [3.63, 3.8) is 0 Å². The van der Waals surface area contributed by atoms with Gasteiger partial charge >= 0.3 is 11.7 Å². The number of imidazole rings is 1. The Balaban J connectivity index is 1.86. The van der Waals surface area contributed by atoms with Gasteiger partial charge in [0.05, 0.1) is 17.4 Å². The van der Waals surface area contributed by atoms with Crippen molar-refractivity contribution >= 4 is 34.5 Å². The summed E-state index contributed by atoms with van der Waals surface area (Å²) in [6, 6.07) is 18.5. The van der Waals surface area contributed by atoms with Crippen molar-refractivity contribution in [2.45, 2.75) is 19.5 Å². The number of carboxylic acids is 1. The van der Waals surface area contributed by atoms with Crippen LogP contribution in [-0.2, 0) is 18.4 Å². The van der Waals surface area contributed by atoms with E-state index in [0.717, 1.165) is 11.3 Å². The van der Waals surface area contributed by atoms with Crippen molar-refractivity contribution in [1.82, 2.24) is 18.7 Å². The number of rotatable bonds is 4. The SMILES string of the molecule is CC1C(c2ccccc2)=NN(c2ccccc2)c2nc3c(c(=O)n(CC(=O)O)c(=O)n3C)n21. The fourth-order valence-corrected chi connectivity index (χ4v) is 4.13. The molecule has 1 atom stereocenters. The van der Waals surface area contributed by atoms with Gasteiger partial charge in [0.25, 0.3) is 5.56 Å². The van der Waals surface area contributed by atoms with Crippen LogP contribution in [0.15, 0.2) is 75.4 Å². The van der Waals surface area contributed by atoms with E-state index in [2.05, 4.69) is 4.98 Å². The second-order valence-electron chi connectivity index (χ2n) is 7.76. The van der Waals surface area contributed by atoms with Crippen LogP contribution in [-0.4, -0.2) is 35.5 Å². The van der Waals surface area contributed by atoms with E-state index in [0.29, 0.717) is 16.2 Å². The minimum atomic E-state index is -1.28. The number of benzene rings is 2. The molecule has 10 heteroatoms. The van der Waals surface area contributed by atoms with Gasteiger partial charge < -0.3 is 5.11 Å². The fraction of sp³-hybridized carbons (Fsp3) is 0.174. The van der Waals surface area contributed by atoms with Crippen LogP contribution in [0.1, 0.15) is 18.5 Å². The van der Waals surface area contributed by atoms with Crippen LogP contribution in [0.25, 0.3) is 11.2 Å². The maximum Gasteiger partial charge on any atom is 0.333 e. The van der Waals surface area contributed by atoms with E-state index in [4.69, 9.17) is 5.10 Å². The Morgan fingerprint density at radius 1 is 1.03 bits per heavy atom. The van der Waals surface area contributed by atoms with Crippen LogP contribution >= 0.6 is 0 Å². The van der Waals surface area contributed by atoms with Crippen LogP contribution in [0.5, 0.6) is 0 Å². The average molecular weight is 444 g/mol. The van der Waals surface area contributed by atoms with Crippen molar-refractivity contribution in [2.24, 2.45) is 12.1 Å². The molecular weight excluding hydrogens is 424 g/mol. The number of para-hydroxylation sites is 1. The summed E-state index contributed by atoms with van der Waals surface area (Å²) in [5, 5.41) is 15.7. The molecule has 2 aromatic carbocycles. The van der Waals surface area contributed by atoms with Gasteiger partial charge in [-0.1, -0.05) is 48.5 Å². The predicted octanol–water partition coefficient (Wildman–Crippen LogP) is 2.10. The number of hydrogen-bond donors (Lipinski definition) is 1. The molecule has 0 amide bonds. The Kier molecular flexibility index (Phi) is 4.70. The highest BCUT2D eigenvalue weighted by atomic mass is 16.4. The van der Waals surface area contributed by atoms with Crippen LogP contribution < -0.4 is 16.3 Å². The van der Waals surface area contributed by atoms with Crippen molar-refractivity contribution < 1.29 is 9.90 Å². The van der Waals surface area contributed by atoms with E-state index in [1.807, 2.05) is 67.6 Å². The Morgan fingerprint density at radius 2 is 1.67 bits per heavy atom. The summed E-state index contributed by atoms with van der Waals surface area (Å²) in [5.41, 5.74) is 1.16. The standard InChI is InChI=1S/C23H20N6O4/c1-14-18(15-9-5-3-6-10-15)25-29(16-11-7-4-8-12-16)22-24-20-19(28(14)22)21(32)27(13-17(30)31)23(33)26(20)2/h3-12,14H,13H2,1-2H3,(H,30,31). The molecule has 1 unspecified atom stereocenters. The van der Waals surface area contributed by atoms with Gasteiger partial charge in [-0.05, 0) is 24.6 Å². The topological polar surface area (TPSA) is 115 Å². The number of aliphatic carboxylic acids is 1. The molecule has 0 saturated carbocycles. The number of aryl methyl sites for hydroxylation is 1. The summed E-state index contributed by atoms with van der Waals surface area (Å²) in [4.78, 5) is 42.1. The second kappa shape index (κ2) is 7.59. The molecule has 0 aliphatic carbocycles. The highest BCUT2D eigenvalue weighted by molar-refractivity contribution is 6.06. The van der Waals surface area contributed by atoms with Crippen molar-refractivity contribution in [3.05, 3.63) is 87.1 Å². The lowest BCUT2D eigenvalue weighted by Gasteiger charge is -2.30. The molecule has 5 rings (SSSR count). The number of nitrogens with zero attached hydrogens (tertiary/aromatic N) is 6. The monoisotopic (exact) mass is 444 g/mol. The van der Waals surface area contributed by atoms with E-state index < -0.39 is 29.8 Å². The molecule has 0 spiro atoms. The summed E-state index contributed by atoms with van der Waals surface area (Å²) in [6.07, 6.45) is 0. The molecule has 10 nitrogen and oxygen atoms in total. The molecule has 3 heterocycles. The van der Waals surface area contributed by atoms with Gasteiger partial charge in [-0.3, -0.25) is 18.7 Å². The summed E-state index contributed by atoms with van der Waals surface area (Å²) >= 11 is 0. The molecule has 166 valence electrons. The normalized spacial score (nSPS) is 15.4. The summed E-state index contributed by atoms with van der Waals surface area (Å²) in [6.45, 7) is 1.16. The highest BCUT2D eigenvalue weighted by Gasteiger charge is 2.33. The number of carboxylic acid groups (broad SMARTS) is 1. The third-order valence-electron chi connectivity index (χ3n) is 5.70. The molecule has 2 aromatic heterocycles. The molecule has 1 aliphatic heterocycles. The van der Waals surface area contributed by atoms with E-state index >= 15 is 0 Å². The maximum atomic E-state index is 13.4. The minimum Gasteiger partial charge on any atom is -0.480 e. The largest absolute Gasteiger partial charge is 0.480 e. The molecule has 1 aliphatic rings. The first-order chi connectivity index (χ1) is 15.9. The average Bonchev–Trinajstić information content (AvgIpc) is 3.23. The minimum absolute atomic E-state index is 0.144. The second-order valence-corrected chi connectivity index (χ2v) is 7.76. The Labute approximate surface area is 187 Å². The molecule has 1 N–H and O–H groups in total. The smallest absolute Gasteiger partial charge is 0.333 e. The van der Waals surface area contributed by atoms with Gasteiger partial charge in [-0.15, -0.1) is 0 Å². The first kappa shape index (κ1) is 20.4. The van der Waals surface area contributed by atoms with Gasteiger partial charge in [0, 0.05) is 7.05 Å². The van der Waals surface area contributed by atoms with Crippen LogP contribution in [0.2, 0.25) is 0 Å². The molecular formula is C23H20N6O4. The zero-order valence-corrected chi connectivity index (χ0v) is 17.9. The predicted molar refractivity (Wildman–Crippen MR) is 123 cm³/mol. The van der Waals surface area contributed by atoms with E-state index in [1.54, 1.807) is 9.58 Å². The third kappa shape index (κ3) is 3.15. The molecule has 4 aromatic rings. The van der Waals surface area contributed by atoms with Crippen molar-refractivity contribution in [2.75, 3.05) is 5.01 Å². The lowest BCUT2D eigenvalue weighted by molar-refractivity contribution is -0.137. The quantitative estimate of drug-likeness (QED) is 0.516. The summed E-state index contributed by atoms with van der Waals surface area (Å²) in [7, 11) is 1.47. The van der Waals surface area contributed by atoms with E-state index in [1.165, 1.54) is 11.6 Å². The van der Waals surface area contributed by atoms with Crippen LogP contribution in [0.4, 0.5) is 11.6 Å². The lowest BCUT2D eigenvalue weighted by Crippen LogP contribution is -2.42. The Bertz CT molecular complexity index is 1530. The van der Waals surface area contributed by atoms with Crippen molar-refractivity contribution in [1.29, 1.82) is 0 Å². The number of carbonyl (C=O) groups is 1. The Morgan fingerprint density at radius 3 is 2.30 bits per heavy atom. The highest BCUT2D eigenvalue weighted by Crippen LogP contribution is 2.36. The number of fused-ring (bicyclic) bond motifs is 3. The summed E-state index contributed by atoms with van der Waals surface area (Å²) < 4.78 is 3.63. The lowest BCUT2D eigenvalue weighted by atomic mass is 10.0. The fourth-order valence-electron chi connectivity index (χ4n) is 4.13. The van der Waals surface area contributed by atoms with Crippen LogP contribution in [0.3, 0.4) is 0 Å². The zero-order chi connectivity index (χ0) is 23.3.